The highest BCUT2D eigenvalue weighted by Crippen LogP contribution is 2.15. The minimum atomic E-state index is -0.579. The van der Waals surface area contributed by atoms with E-state index in [9.17, 15) is 4.79 Å². The Morgan fingerprint density at radius 2 is 1.85 bits per heavy atom. The molecule has 0 fully saturated rings. The van der Waals surface area contributed by atoms with Gasteiger partial charge in [0.25, 0.3) is 0 Å². The first-order valence-electron chi connectivity index (χ1n) is 8.03. The molecule has 0 saturated carbocycles. The number of likely N-dealkylation sites (N-methyl/N-ethyl adjacent to an activating group) is 1. The lowest BCUT2D eigenvalue weighted by molar-refractivity contribution is -0.148. The fourth-order valence-electron chi connectivity index (χ4n) is 2.55. The maximum absolute atomic E-state index is 12.0. The molecule has 20 heavy (non-hydrogen) atoms. The SMILES string of the molecule is CCNC(C)(CCN(CC)CC(CC)CC)C(=O)OC. The molecule has 0 bridgehead atoms. The smallest absolute Gasteiger partial charge is 0.325 e. The lowest BCUT2D eigenvalue weighted by Gasteiger charge is -2.32. The molecular weight excluding hydrogens is 252 g/mol. The van der Waals surface area contributed by atoms with Gasteiger partial charge < -0.3 is 15.0 Å². The zero-order chi connectivity index (χ0) is 15.6. The number of carbonyl (C=O) groups excluding carboxylic acids is 1. The molecule has 1 N–H and O–H groups in total. The molecule has 0 aliphatic rings. The quantitative estimate of drug-likeness (QED) is 0.593. The Morgan fingerprint density at radius 1 is 1.25 bits per heavy atom. The number of carbonyl (C=O) groups is 1. The maximum Gasteiger partial charge on any atom is 0.325 e. The van der Waals surface area contributed by atoms with E-state index in [1.165, 1.54) is 20.0 Å². The minimum Gasteiger partial charge on any atom is -0.468 e. The highest BCUT2D eigenvalue weighted by Gasteiger charge is 2.33. The van der Waals surface area contributed by atoms with Crippen molar-refractivity contribution in [3.63, 3.8) is 0 Å². The summed E-state index contributed by atoms with van der Waals surface area (Å²) in [5.41, 5.74) is -0.579. The van der Waals surface area contributed by atoms with E-state index in [1.54, 1.807) is 0 Å². The zero-order valence-corrected chi connectivity index (χ0v) is 14.3. The highest BCUT2D eigenvalue weighted by molar-refractivity contribution is 5.80. The Morgan fingerprint density at radius 3 is 2.25 bits per heavy atom. The van der Waals surface area contributed by atoms with Crippen LogP contribution in [0.25, 0.3) is 0 Å². The molecular formula is C16H34N2O2. The number of nitrogens with zero attached hydrogens (tertiary/aromatic N) is 1. The normalized spacial score (nSPS) is 14.6. The Balaban J connectivity index is 4.53. The molecule has 0 heterocycles. The second-order valence-electron chi connectivity index (χ2n) is 5.68. The molecule has 0 aromatic carbocycles. The van der Waals surface area contributed by atoms with Crippen LogP contribution in [0.15, 0.2) is 0 Å². The first-order chi connectivity index (χ1) is 9.47. The van der Waals surface area contributed by atoms with E-state index in [0.29, 0.717) is 0 Å². The van der Waals surface area contributed by atoms with Crippen molar-refractivity contribution < 1.29 is 9.53 Å². The van der Waals surface area contributed by atoms with Crippen molar-refractivity contribution in [2.45, 2.75) is 59.4 Å². The number of rotatable bonds is 11. The van der Waals surface area contributed by atoms with Crippen LogP contribution >= 0.6 is 0 Å². The standard InChI is InChI=1S/C16H34N2O2/c1-7-14(8-2)13-18(10-4)12-11-16(5,17-9-3)15(19)20-6/h14,17H,7-13H2,1-6H3. The van der Waals surface area contributed by atoms with Crippen molar-refractivity contribution in [2.75, 3.05) is 33.3 Å². The molecule has 0 aliphatic heterocycles. The van der Waals surface area contributed by atoms with Gasteiger partial charge in [-0.05, 0) is 32.4 Å². The third-order valence-electron chi connectivity index (χ3n) is 4.25. The summed E-state index contributed by atoms with van der Waals surface area (Å²) in [6.45, 7) is 14.5. The summed E-state index contributed by atoms with van der Waals surface area (Å²) in [5.74, 6) is 0.580. The maximum atomic E-state index is 12.0. The largest absolute Gasteiger partial charge is 0.468 e. The van der Waals surface area contributed by atoms with Crippen LogP contribution in [0, 0.1) is 5.92 Å². The van der Waals surface area contributed by atoms with E-state index in [2.05, 4.69) is 31.0 Å². The molecule has 0 spiro atoms. The Kier molecular flexibility index (Phi) is 9.86. The highest BCUT2D eigenvalue weighted by atomic mass is 16.5. The average molecular weight is 286 g/mol. The predicted octanol–water partition coefficient (Wildman–Crippen LogP) is 2.68. The molecule has 0 saturated heterocycles. The molecule has 0 aromatic rings. The van der Waals surface area contributed by atoms with Gasteiger partial charge in [-0.1, -0.05) is 40.5 Å². The Hall–Kier alpha value is -0.610. The van der Waals surface area contributed by atoms with E-state index < -0.39 is 5.54 Å². The van der Waals surface area contributed by atoms with Crippen LogP contribution < -0.4 is 5.32 Å². The average Bonchev–Trinajstić information content (AvgIpc) is 2.47. The molecule has 120 valence electrons. The van der Waals surface area contributed by atoms with Crippen LogP contribution in [0.3, 0.4) is 0 Å². The molecule has 4 nitrogen and oxygen atoms in total. The lowest BCUT2D eigenvalue weighted by Crippen LogP contribution is -2.52. The molecule has 1 atom stereocenters. The minimum absolute atomic E-state index is 0.169. The summed E-state index contributed by atoms with van der Waals surface area (Å²) in [6.07, 6.45) is 3.21. The molecule has 4 heteroatoms. The van der Waals surface area contributed by atoms with Crippen molar-refractivity contribution in [3.05, 3.63) is 0 Å². The number of hydrogen-bond acceptors (Lipinski definition) is 4. The molecule has 0 aromatic heterocycles. The van der Waals surface area contributed by atoms with Gasteiger partial charge in [0.15, 0.2) is 0 Å². The van der Waals surface area contributed by atoms with Gasteiger partial charge in [0, 0.05) is 13.1 Å². The van der Waals surface area contributed by atoms with Crippen molar-refractivity contribution in [3.8, 4) is 0 Å². The van der Waals surface area contributed by atoms with Crippen LogP contribution in [-0.4, -0.2) is 49.7 Å². The van der Waals surface area contributed by atoms with Gasteiger partial charge in [0.05, 0.1) is 7.11 Å². The summed E-state index contributed by atoms with van der Waals surface area (Å²) < 4.78 is 4.94. The van der Waals surface area contributed by atoms with Gasteiger partial charge in [-0.25, -0.2) is 0 Å². The lowest BCUT2D eigenvalue weighted by atomic mass is 9.96. The molecule has 0 radical (unpaired) electrons. The molecule has 1 unspecified atom stereocenters. The van der Waals surface area contributed by atoms with E-state index in [4.69, 9.17) is 4.74 Å². The Bertz CT molecular complexity index is 267. The number of methoxy groups -OCH3 is 1. The van der Waals surface area contributed by atoms with Crippen molar-refractivity contribution in [1.29, 1.82) is 0 Å². The van der Waals surface area contributed by atoms with Gasteiger partial charge in [-0.2, -0.15) is 0 Å². The van der Waals surface area contributed by atoms with E-state index in [1.807, 2.05) is 13.8 Å². The number of nitrogens with one attached hydrogen (secondary N) is 1. The van der Waals surface area contributed by atoms with Gasteiger partial charge in [0.1, 0.15) is 5.54 Å². The van der Waals surface area contributed by atoms with E-state index in [0.717, 1.165) is 38.5 Å². The van der Waals surface area contributed by atoms with Gasteiger partial charge in [-0.3, -0.25) is 4.79 Å². The summed E-state index contributed by atoms with van der Waals surface area (Å²) in [6, 6.07) is 0. The number of hydrogen-bond donors (Lipinski definition) is 1. The second-order valence-corrected chi connectivity index (χ2v) is 5.68. The van der Waals surface area contributed by atoms with Gasteiger partial charge >= 0.3 is 5.97 Å². The van der Waals surface area contributed by atoms with Crippen LogP contribution in [0.2, 0.25) is 0 Å². The van der Waals surface area contributed by atoms with Crippen LogP contribution in [-0.2, 0) is 9.53 Å². The summed E-state index contributed by atoms with van der Waals surface area (Å²) in [5, 5.41) is 3.27. The first-order valence-corrected chi connectivity index (χ1v) is 8.03. The summed E-state index contributed by atoms with van der Waals surface area (Å²) in [4.78, 5) is 14.4. The van der Waals surface area contributed by atoms with Crippen LogP contribution in [0.5, 0.6) is 0 Å². The van der Waals surface area contributed by atoms with Crippen LogP contribution in [0.1, 0.15) is 53.9 Å². The monoisotopic (exact) mass is 286 g/mol. The second kappa shape index (κ2) is 10.2. The van der Waals surface area contributed by atoms with Crippen LogP contribution in [0.4, 0.5) is 0 Å². The third-order valence-corrected chi connectivity index (χ3v) is 4.25. The summed E-state index contributed by atoms with van der Waals surface area (Å²) >= 11 is 0. The fourth-order valence-corrected chi connectivity index (χ4v) is 2.55. The van der Waals surface area contributed by atoms with E-state index in [-0.39, 0.29) is 5.97 Å². The van der Waals surface area contributed by atoms with Crippen molar-refractivity contribution in [1.82, 2.24) is 10.2 Å². The number of ether oxygens (including phenoxy) is 1. The summed E-state index contributed by atoms with van der Waals surface area (Å²) in [7, 11) is 1.46. The third kappa shape index (κ3) is 6.23. The van der Waals surface area contributed by atoms with Crippen molar-refractivity contribution in [2.24, 2.45) is 5.92 Å². The fraction of sp³-hybridized carbons (Fsp3) is 0.938. The zero-order valence-electron chi connectivity index (χ0n) is 14.3. The predicted molar refractivity (Wildman–Crippen MR) is 84.9 cm³/mol. The topological polar surface area (TPSA) is 41.6 Å². The van der Waals surface area contributed by atoms with Gasteiger partial charge in [0.2, 0.25) is 0 Å². The molecule has 0 rings (SSSR count). The molecule has 0 aliphatic carbocycles. The number of esters is 1. The first kappa shape index (κ1) is 19.4. The Labute approximate surface area is 125 Å². The van der Waals surface area contributed by atoms with E-state index >= 15 is 0 Å². The molecule has 0 amide bonds. The van der Waals surface area contributed by atoms with Crippen molar-refractivity contribution >= 4 is 5.97 Å². The van der Waals surface area contributed by atoms with Gasteiger partial charge in [-0.15, -0.1) is 0 Å².